The maximum absolute atomic E-state index is 13.3. The van der Waals surface area contributed by atoms with Crippen LogP contribution >= 0.6 is 0 Å². The highest BCUT2D eigenvalue weighted by Gasteiger charge is 2.21. The monoisotopic (exact) mass is 327 g/mol. The van der Waals surface area contributed by atoms with Gasteiger partial charge in [0.2, 0.25) is 0 Å². The van der Waals surface area contributed by atoms with Gasteiger partial charge in [0, 0.05) is 31.5 Å². The first-order chi connectivity index (χ1) is 11.7. The number of nitrogens with zero attached hydrogens (tertiary/aromatic N) is 3. The van der Waals surface area contributed by atoms with E-state index in [1.165, 1.54) is 12.1 Å². The van der Waals surface area contributed by atoms with Crippen molar-refractivity contribution >= 4 is 5.52 Å². The quantitative estimate of drug-likeness (QED) is 0.743. The molecule has 3 heterocycles. The third kappa shape index (κ3) is 2.73. The predicted octanol–water partition coefficient (Wildman–Crippen LogP) is 2.58. The van der Waals surface area contributed by atoms with Crippen LogP contribution in [-0.4, -0.2) is 27.2 Å². The molecule has 1 aliphatic rings. The van der Waals surface area contributed by atoms with Gasteiger partial charge in [0.05, 0.1) is 12.7 Å². The number of ether oxygens (including phenoxy) is 1. The number of rotatable bonds is 3. The molecule has 0 unspecified atom stereocenters. The zero-order valence-corrected chi connectivity index (χ0v) is 13.2. The molecule has 3 aromatic rings. The minimum atomic E-state index is -0.298. The summed E-state index contributed by atoms with van der Waals surface area (Å²) in [6.45, 7) is 1.80. The van der Waals surface area contributed by atoms with Gasteiger partial charge >= 0.3 is 0 Å². The molecule has 4 rings (SSSR count). The Labute approximate surface area is 138 Å². The molecule has 0 radical (unpaired) electrons. The normalized spacial score (nSPS) is 15.9. The Morgan fingerprint density at radius 1 is 1.25 bits per heavy atom. The van der Waals surface area contributed by atoms with Crippen molar-refractivity contribution in [2.45, 2.75) is 25.3 Å². The Balaban J connectivity index is 1.69. The van der Waals surface area contributed by atoms with Crippen LogP contribution in [0.2, 0.25) is 0 Å². The summed E-state index contributed by atoms with van der Waals surface area (Å²) in [6.07, 6.45) is 7.09. The van der Waals surface area contributed by atoms with Crippen LogP contribution in [0.3, 0.4) is 0 Å². The molecule has 0 aliphatic carbocycles. The molecular weight excluding hydrogens is 309 g/mol. The minimum absolute atomic E-state index is 0.118. The molecule has 1 fully saturated rings. The molecule has 1 saturated heterocycles. The predicted molar refractivity (Wildman–Crippen MR) is 87.7 cm³/mol. The van der Waals surface area contributed by atoms with Crippen LogP contribution in [0.1, 0.15) is 30.1 Å². The van der Waals surface area contributed by atoms with Crippen molar-refractivity contribution in [1.29, 1.82) is 0 Å². The van der Waals surface area contributed by atoms with E-state index in [2.05, 4.69) is 4.98 Å². The van der Waals surface area contributed by atoms with Crippen LogP contribution in [-0.2, 0) is 11.3 Å². The van der Waals surface area contributed by atoms with E-state index in [0.29, 0.717) is 18.0 Å². The Morgan fingerprint density at radius 2 is 2.08 bits per heavy atom. The summed E-state index contributed by atoms with van der Waals surface area (Å²) in [6, 6.07) is 6.30. The zero-order valence-electron chi connectivity index (χ0n) is 13.2. The molecule has 6 heteroatoms. The Hall–Kier alpha value is -2.47. The lowest BCUT2D eigenvalue weighted by molar-refractivity contribution is 0.0835. The number of fused-ring (bicyclic) bond motifs is 1. The van der Waals surface area contributed by atoms with Gasteiger partial charge in [-0.25, -0.2) is 9.37 Å². The van der Waals surface area contributed by atoms with Crippen molar-refractivity contribution < 1.29 is 9.13 Å². The maximum Gasteiger partial charge on any atom is 0.276 e. The van der Waals surface area contributed by atoms with Gasteiger partial charge in [0.1, 0.15) is 17.2 Å². The van der Waals surface area contributed by atoms with E-state index in [4.69, 9.17) is 4.74 Å². The second-order valence-corrected chi connectivity index (χ2v) is 6.12. The molecule has 5 nitrogen and oxygen atoms in total. The van der Waals surface area contributed by atoms with Gasteiger partial charge in [-0.3, -0.25) is 9.20 Å². The lowest BCUT2D eigenvalue weighted by Gasteiger charge is -2.21. The van der Waals surface area contributed by atoms with E-state index in [0.717, 1.165) is 37.4 Å². The van der Waals surface area contributed by atoms with Crippen LogP contribution in [0.15, 0.2) is 47.7 Å². The van der Waals surface area contributed by atoms with Gasteiger partial charge in [0.25, 0.3) is 5.56 Å². The fraction of sp³-hybridized carbons (Fsp3) is 0.333. The highest BCUT2D eigenvalue weighted by molar-refractivity contribution is 5.44. The molecule has 0 atom stereocenters. The van der Waals surface area contributed by atoms with Crippen molar-refractivity contribution in [2.24, 2.45) is 0 Å². The van der Waals surface area contributed by atoms with Crippen molar-refractivity contribution in [2.75, 3.05) is 13.2 Å². The fourth-order valence-corrected chi connectivity index (χ4v) is 3.27. The Bertz CT molecular complexity index is 925. The summed E-state index contributed by atoms with van der Waals surface area (Å²) in [4.78, 5) is 17.2. The maximum atomic E-state index is 13.3. The number of benzene rings is 1. The minimum Gasteiger partial charge on any atom is -0.381 e. The van der Waals surface area contributed by atoms with E-state index in [1.54, 1.807) is 23.0 Å². The Morgan fingerprint density at radius 3 is 2.88 bits per heavy atom. The molecule has 24 heavy (non-hydrogen) atoms. The number of imidazole rings is 1. The van der Waals surface area contributed by atoms with Gasteiger partial charge in [-0.15, -0.1) is 0 Å². The smallest absolute Gasteiger partial charge is 0.276 e. The summed E-state index contributed by atoms with van der Waals surface area (Å²) in [5, 5.41) is 0. The molecule has 0 N–H and O–H groups in total. The number of halogens is 1. The number of hydrogen-bond donors (Lipinski definition) is 0. The first-order valence-electron chi connectivity index (χ1n) is 8.11. The van der Waals surface area contributed by atoms with Crippen LogP contribution in [0.4, 0.5) is 4.39 Å². The highest BCUT2D eigenvalue weighted by atomic mass is 19.1. The standard InChI is InChI=1S/C18H18FN3O2/c19-15-3-1-2-13(10-15)12-21-6-7-22-16(18(21)23)11-20-17(22)14-4-8-24-9-5-14/h1-3,6-7,10-11,14H,4-5,8-9,12H2. The summed E-state index contributed by atoms with van der Waals surface area (Å²) >= 11 is 0. The fourth-order valence-electron chi connectivity index (χ4n) is 3.27. The van der Waals surface area contributed by atoms with Crippen molar-refractivity contribution in [3.63, 3.8) is 0 Å². The molecule has 0 saturated carbocycles. The third-order valence-electron chi connectivity index (χ3n) is 4.53. The lowest BCUT2D eigenvalue weighted by Crippen LogP contribution is -2.23. The average molecular weight is 327 g/mol. The molecule has 1 aliphatic heterocycles. The number of aromatic nitrogens is 3. The second-order valence-electron chi connectivity index (χ2n) is 6.12. The molecule has 2 aromatic heterocycles. The summed E-state index contributed by atoms with van der Waals surface area (Å²) < 4.78 is 22.2. The molecule has 1 aromatic carbocycles. The largest absolute Gasteiger partial charge is 0.381 e. The van der Waals surface area contributed by atoms with Crippen molar-refractivity contribution in [3.05, 3.63) is 70.4 Å². The first kappa shape index (κ1) is 15.1. The van der Waals surface area contributed by atoms with Gasteiger partial charge in [0.15, 0.2) is 0 Å². The summed E-state index contributed by atoms with van der Waals surface area (Å²) in [5.74, 6) is 0.941. The molecule has 0 bridgehead atoms. The molecular formula is C18H18FN3O2. The van der Waals surface area contributed by atoms with Gasteiger partial charge in [-0.05, 0) is 30.5 Å². The average Bonchev–Trinajstić information content (AvgIpc) is 3.03. The second kappa shape index (κ2) is 6.20. The lowest BCUT2D eigenvalue weighted by atomic mass is 10.00. The topological polar surface area (TPSA) is 48.5 Å². The first-order valence-corrected chi connectivity index (χ1v) is 8.11. The summed E-state index contributed by atoms with van der Waals surface area (Å²) in [7, 11) is 0. The Kier molecular flexibility index (Phi) is 3.90. The zero-order chi connectivity index (χ0) is 16.5. The third-order valence-corrected chi connectivity index (χ3v) is 4.53. The van der Waals surface area contributed by atoms with E-state index < -0.39 is 0 Å². The van der Waals surface area contributed by atoms with Crippen LogP contribution in [0.25, 0.3) is 5.52 Å². The SMILES string of the molecule is O=c1c2cnc(C3CCOCC3)n2ccn1Cc1cccc(F)c1. The van der Waals surface area contributed by atoms with Crippen molar-refractivity contribution in [3.8, 4) is 0 Å². The molecule has 124 valence electrons. The van der Waals surface area contributed by atoms with Crippen LogP contribution in [0.5, 0.6) is 0 Å². The van der Waals surface area contributed by atoms with E-state index >= 15 is 0 Å². The number of hydrogen-bond acceptors (Lipinski definition) is 3. The molecule has 0 spiro atoms. The van der Waals surface area contributed by atoms with E-state index in [-0.39, 0.29) is 11.4 Å². The van der Waals surface area contributed by atoms with Gasteiger partial charge in [-0.1, -0.05) is 12.1 Å². The van der Waals surface area contributed by atoms with Crippen molar-refractivity contribution in [1.82, 2.24) is 14.0 Å². The van der Waals surface area contributed by atoms with Gasteiger partial charge in [-0.2, -0.15) is 0 Å². The van der Waals surface area contributed by atoms with Gasteiger partial charge < -0.3 is 9.30 Å². The van der Waals surface area contributed by atoms with Crippen LogP contribution < -0.4 is 5.56 Å². The van der Waals surface area contributed by atoms with Crippen LogP contribution in [0, 0.1) is 5.82 Å². The molecule has 0 amide bonds. The van der Waals surface area contributed by atoms with E-state index in [1.807, 2.05) is 16.7 Å². The highest BCUT2D eigenvalue weighted by Crippen LogP contribution is 2.25. The summed E-state index contributed by atoms with van der Waals surface area (Å²) in [5.41, 5.74) is 1.19. The van der Waals surface area contributed by atoms with E-state index in [9.17, 15) is 9.18 Å².